The Kier molecular flexibility index (Phi) is 9.05. The van der Waals surface area contributed by atoms with Crippen LogP contribution in [0.5, 0.6) is 0 Å². The molecule has 0 bridgehead atoms. The van der Waals surface area contributed by atoms with Gasteiger partial charge in [-0.05, 0) is 51.1 Å². The minimum absolute atomic E-state index is 0. The molecular formula is C19H30ClN3O3. The van der Waals surface area contributed by atoms with Gasteiger partial charge in [-0.3, -0.25) is 9.59 Å². The van der Waals surface area contributed by atoms with E-state index in [1.54, 1.807) is 43.3 Å². The summed E-state index contributed by atoms with van der Waals surface area (Å²) in [6.45, 7) is 5.63. The molecule has 1 heterocycles. The van der Waals surface area contributed by atoms with Crippen molar-refractivity contribution in [2.24, 2.45) is 5.41 Å². The molecule has 2 rings (SSSR count). The number of nitrogens with one attached hydrogen (secondary N) is 2. The minimum atomic E-state index is -0.150. The van der Waals surface area contributed by atoms with Gasteiger partial charge in [-0.1, -0.05) is 6.07 Å². The molecule has 2 amide bonds. The zero-order chi connectivity index (χ0) is 18.3. The molecular weight excluding hydrogens is 354 g/mol. The number of nitrogens with zero attached hydrogens (tertiary/aromatic N) is 1. The van der Waals surface area contributed by atoms with Crippen LogP contribution in [0.1, 0.15) is 40.5 Å². The lowest BCUT2D eigenvalue weighted by Crippen LogP contribution is -2.47. The summed E-state index contributed by atoms with van der Waals surface area (Å²) >= 11 is 0. The molecule has 7 heteroatoms. The number of ether oxygens (including phenoxy) is 1. The number of piperidine rings is 1. The van der Waals surface area contributed by atoms with Crippen molar-refractivity contribution in [3.05, 3.63) is 35.4 Å². The summed E-state index contributed by atoms with van der Waals surface area (Å²) in [5, 5.41) is 6.37. The van der Waals surface area contributed by atoms with Crippen LogP contribution in [0.15, 0.2) is 24.3 Å². The molecule has 0 atom stereocenters. The fourth-order valence-electron chi connectivity index (χ4n) is 3.16. The third-order valence-electron chi connectivity index (χ3n) is 4.93. The van der Waals surface area contributed by atoms with Gasteiger partial charge in [0.2, 0.25) is 0 Å². The van der Waals surface area contributed by atoms with Crippen molar-refractivity contribution in [1.29, 1.82) is 0 Å². The molecule has 1 fully saturated rings. The van der Waals surface area contributed by atoms with E-state index in [1.165, 1.54) is 0 Å². The molecule has 0 spiro atoms. The van der Waals surface area contributed by atoms with E-state index in [4.69, 9.17) is 4.74 Å². The lowest BCUT2D eigenvalue weighted by Gasteiger charge is -2.37. The van der Waals surface area contributed by atoms with E-state index in [-0.39, 0.29) is 29.6 Å². The van der Waals surface area contributed by atoms with Crippen LogP contribution in [0.3, 0.4) is 0 Å². The van der Waals surface area contributed by atoms with E-state index in [9.17, 15) is 9.59 Å². The molecule has 0 unspecified atom stereocenters. The average Bonchev–Trinajstić information content (AvgIpc) is 2.66. The molecule has 146 valence electrons. The molecule has 1 aromatic rings. The lowest BCUT2D eigenvalue weighted by atomic mass is 9.79. The van der Waals surface area contributed by atoms with E-state index in [0.29, 0.717) is 30.8 Å². The summed E-state index contributed by atoms with van der Waals surface area (Å²) in [6.07, 6.45) is 1.95. The quantitative estimate of drug-likeness (QED) is 0.755. The van der Waals surface area contributed by atoms with Gasteiger partial charge in [-0.15, -0.1) is 12.4 Å². The number of hydrogen-bond donors (Lipinski definition) is 2. The van der Waals surface area contributed by atoms with Crippen LogP contribution >= 0.6 is 12.4 Å². The van der Waals surface area contributed by atoms with E-state index in [2.05, 4.69) is 10.6 Å². The fourth-order valence-corrected chi connectivity index (χ4v) is 3.16. The number of rotatable bonds is 7. The maximum atomic E-state index is 12.6. The Bertz CT molecular complexity index is 598. The van der Waals surface area contributed by atoms with Crippen molar-refractivity contribution in [2.45, 2.75) is 19.8 Å². The standard InChI is InChI=1S/C19H29N3O3.ClH/c1-4-22(2)18(24)16-7-5-6-15(12-16)17(23)21-13-19(14-25-3)8-10-20-11-9-19;/h5-7,12,20H,4,8-11,13-14H2,1-3H3,(H,21,23);1H. The molecule has 0 radical (unpaired) electrons. The number of carbonyl (C=O) groups is 2. The van der Waals surface area contributed by atoms with Crippen LogP contribution in [-0.2, 0) is 4.74 Å². The molecule has 1 aromatic carbocycles. The zero-order valence-corrected chi connectivity index (χ0v) is 16.7. The number of halogens is 1. The molecule has 1 aliphatic rings. The monoisotopic (exact) mass is 383 g/mol. The van der Waals surface area contributed by atoms with Gasteiger partial charge in [0.05, 0.1) is 6.61 Å². The Morgan fingerprint density at radius 3 is 2.54 bits per heavy atom. The fraction of sp³-hybridized carbons (Fsp3) is 0.579. The second-order valence-corrected chi connectivity index (χ2v) is 6.77. The number of benzene rings is 1. The van der Waals surface area contributed by atoms with Crippen LogP contribution in [0, 0.1) is 5.41 Å². The Balaban J connectivity index is 0.00000338. The number of amides is 2. The summed E-state index contributed by atoms with van der Waals surface area (Å²) in [4.78, 5) is 26.4. The first-order valence-corrected chi connectivity index (χ1v) is 8.85. The second-order valence-electron chi connectivity index (χ2n) is 6.77. The number of carbonyl (C=O) groups excluding carboxylic acids is 2. The van der Waals surface area contributed by atoms with Crippen LogP contribution in [-0.4, -0.2) is 63.7 Å². The Morgan fingerprint density at radius 2 is 1.92 bits per heavy atom. The Labute approximate surface area is 162 Å². The van der Waals surface area contributed by atoms with E-state index in [1.807, 2.05) is 6.92 Å². The van der Waals surface area contributed by atoms with Gasteiger partial charge in [0.1, 0.15) is 0 Å². The van der Waals surface area contributed by atoms with Crippen LogP contribution < -0.4 is 10.6 Å². The van der Waals surface area contributed by atoms with Gasteiger partial charge in [-0.25, -0.2) is 0 Å². The zero-order valence-electron chi connectivity index (χ0n) is 15.8. The predicted octanol–water partition coefficient (Wildman–Crippen LogP) is 1.95. The maximum Gasteiger partial charge on any atom is 0.253 e. The minimum Gasteiger partial charge on any atom is -0.384 e. The highest BCUT2D eigenvalue weighted by Crippen LogP contribution is 2.28. The normalized spacial score (nSPS) is 15.7. The molecule has 1 aliphatic heterocycles. The molecule has 26 heavy (non-hydrogen) atoms. The highest BCUT2D eigenvalue weighted by atomic mass is 35.5. The molecule has 0 aliphatic carbocycles. The van der Waals surface area contributed by atoms with Crippen LogP contribution in [0.2, 0.25) is 0 Å². The molecule has 6 nitrogen and oxygen atoms in total. The summed E-state index contributed by atoms with van der Waals surface area (Å²) in [6, 6.07) is 6.89. The first-order chi connectivity index (χ1) is 12.0. The largest absolute Gasteiger partial charge is 0.384 e. The summed E-state index contributed by atoms with van der Waals surface area (Å²) < 4.78 is 5.38. The SMILES string of the molecule is CCN(C)C(=O)c1cccc(C(=O)NCC2(COC)CCNCC2)c1.Cl. The maximum absolute atomic E-state index is 12.6. The topological polar surface area (TPSA) is 70.7 Å². The van der Waals surface area contributed by atoms with E-state index >= 15 is 0 Å². The highest BCUT2D eigenvalue weighted by Gasteiger charge is 2.32. The van der Waals surface area contributed by atoms with Gasteiger partial charge >= 0.3 is 0 Å². The van der Waals surface area contributed by atoms with E-state index < -0.39 is 0 Å². The van der Waals surface area contributed by atoms with Crippen molar-refractivity contribution in [3.8, 4) is 0 Å². The number of methoxy groups -OCH3 is 1. The summed E-state index contributed by atoms with van der Waals surface area (Å²) in [7, 11) is 3.45. The highest BCUT2D eigenvalue weighted by molar-refractivity contribution is 5.99. The van der Waals surface area contributed by atoms with Crippen LogP contribution in [0.4, 0.5) is 0 Å². The van der Waals surface area contributed by atoms with Gasteiger partial charge in [0, 0.05) is 43.8 Å². The first kappa shape index (κ1) is 22.4. The van der Waals surface area contributed by atoms with Gasteiger partial charge in [0.15, 0.2) is 0 Å². The van der Waals surface area contributed by atoms with Gasteiger partial charge in [0.25, 0.3) is 11.8 Å². The van der Waals surface area contributed by atoms with Crippen molar-refractivity contribution in [2.75, 3.05) is 46.9 Å². The first-order valence-electron chi connectivity index (χ1n) is 8.85. The molecule has 0 saturated carbocycles. The van der Waals surface area contributed by atoms with Gasteiger partial charge < -0.3 is 20.3 Å². The lowest BCUT2D eigenvalue weighted by molar-refractivity contribution is 0.0512. The summed E-state index contributed by atoms with van der Waals surface area (Å²) in [5.74, 6) is -0.228. The second kappa shape index (κ2) is 10.5. The van der Waals surface area contributed by atoms with Crippen molar-refractivity contribution >= 4 is 24.2 Å². The third-order valence-corrected chi connectivity index (χ3v) is 4.93. The van der Waals surface area contributed by atoms with Crippen molar-refractivity contribution in [1.82, 2.24) is 15.5 Å². The molecule has 1 saturated heterocycles. The Hall–Kier alpha value is -1.63. The van der Waals surface area contributed by atoms with Crippen LogP contribution in [0.25, 0.3) is 0 Å². The Morgan fingerprint density at radius 1 is 1.27 bits per heavy atom. The molecule has 0 aromatic heterocycles. The van der Waals surface area contributed by atoms with E-state index in [0.717, 1.165) is 25.9 Å². The smallest absolute Gasteiger partial charge is 0.253 e. The van der Waals surface area contributed by atoms with Crippen molar-refractivity contribution in [3.63, 3.8) is 0 Å². The van der Waals surface area contributed by atoms with Gasteiger partial charge in [-0.2, -0.15) is 0 Å². The summed E-state index contributed by atoms with van der Waals surface area (Å²) in [5.41, 5.74) is 1.02. The number of hydrogen-bond acceptors (Lipinski definition) is 4. The third kappa shape index (κ3) is 5.69. The van der Waals surface area contributed by atoms with Crippen molar-refractivity contribution < 1.29 is 14.3 Å². The average molecular weight is 384 g/mol. The molecule has 2 N–H and O–H groups in total. The predicted molar refractivity (Wildman–Crippen MR) is 105 cm³/mol.